The molecule has 0 bridgehead atoms. The highest BCUT2D eigenvalue weighted by molar-refractivity contribution is 5.59. The van der Waals surface area contributed by atoms with Gasteiger partial charge in [0.1, 0.15) is 17.3 Å². The Morgan fingerprint density at radius 2 is 1.84 bits per heavy atom. The number of pyridine rings is 1. The Morgan fingerprint density at radius 3 is 2.48 bits per heavy atom. The summed E-state index contributed by atoms with van der Waals surface area (Å²) >= 11 is 0. The number of benzene rings is 1. The zero-order valence-electron chi connectivity index (χ0n) is 17.4. The first-order valence-electron chi connectivity index (χ1n) is 10.5. The van der Waals surface area contributed by atoms with Crippen molar-refractivity contribution in [3.63, 3.8) is 0 Å². The summed E-state index contributed by atoms with van der Waals surface area (Å²) in [7, 11) is 0. The summed E-state index contributed by atoms with van der Waals surface area (Å²) in [6.07, 6.45) is -1.72. The lowest BCUT2D eigenvalue weighted by Gasteiger charge is -2.39. The van der Waals surface area contributed by atoms with E-state index in [0.717, 1.165) is 18.4 Å². The van der Waals surface area contributed by atoms with Crippen LogP contribution in [0.4, 0.5) is 13.2 Å². The maximum absolute atomic E-state index is 13.0. The molecule has 0 amide bonds. The highest BCUT2D eigenvalue weighted by atomic mass is 19.4. The normalized spacial score (nSPS) is 17.2. The molecule has 3 aliphatic rings. The third kappa shape index (κ3) is 5.02. The Balaban J connectivity index is 1.39. The Labute approximate surface area is 179 Å². The standard InChI is InChI=1S/C23H26F3N3O2/c1-2-31-19-7-5-17(6-8-19)15-28-12-9-22(30,10-13-28)16-29-11-3-4-18-14-20(23(24,25)26)27-21(18)29/h3-8,11,14,30H,2,9-10,12-13,15-16H2,1H3. The fraction of sp³-hybridized carbons (Fsp3) is 0.435. The van der Waals surface area contributed by atoms with E-state index < -0.39 is 17.5 Å². The van der Waals surface area contributed by atoms with Gasteiger partial charge in [0.15, 0.2) is 0 Å². The van der Waals surface area contributed by atoms with Gasteiger partial charge in [-0.25, -0.2) is 4.98 Å². The van der Waals surface area contributed by atoms with E-state index in [-0.39, 0.29) is 12.4 Å². The van der Waals surface area contributed by atoms with Gasteiger partial charge in [-0.2, -0.15) is 13.2 Å². The Morgan fingerprint density at radius 1 is 1.13 bits per heavy atom. The molecule has 166 valence electrons. The van der Waals surface area contributed by atoms with Crippen LogP contribution in [0.25, 0.3) is 11.4 Å². The van der Waals surface area contributed by atoms with Crippen molar-refractivity contribution >= 4 is 0 Å². The van der Waals surface area contributed by atoms with Crippen molar-refractivity contribution in [2.75, 3.05) is 19.7 Å². The molecule has 4 rings (SSSR count). The van der Waals surface area contributed by atoms with Gasteiger partial charge in [-0.3, -0.25) is 4.90 Å². The number of rotatable bonds is 6. The number of ether oxygens (including phenoxy) is 1. The number of likely N-dealkylation sites (tertiary alicyclic amines) is 1. The van der Waals surface area contributed by atoms with Gasteiger partial charge in [0.2, 0.25) is 0 Å². The zero-order valence-corrected chi connectivity index (χ0v) is 17.4. The van der Waals surface area contributed by atoms with Gasteiger partial charge < -0.3 is 14.4 Å². The van der Waals surface area contributed by atoms with Gasteiger partial charge in [-0.05, 0) is 55.7 Å². The fourth-order valence-electron chi connectivity index (χ4n) is 4.09. The van der Waals surface area contributed by atoms with Gasteiger partial charge >= 0.3 is 6.18 Å². The van der Waals surface area contributed by atoms with Gasteiger partial charge in [0.25, 0.3) is 0 Å². The van der Waals surface area contributed by atoms with Gasteiger partial charge in [0.05, 0.1) is 18.8 Å². The number of hydrogen-bond acceptors (Lipinski definition) is 4. The van der Waals surface area contributed by atoms with E-state index in [1.165, 1.54) is 5.56 Å². The molecule has 0 unspecified atom stereocenters. The van der Waals surface area contributed by atoms with Gasteiger partial charge in [0, 0.05) is 31.4 Å². The highest BCUT2D eigenvalue weighted by Crippen LogP contribution is 2.35. The molecular weight excluding hydrogens is 407 g/mol. The summed E-state index contributed by atoms with van der Waals surface area (Å²) in [5, 5.41) is 11.1. The number of nitrogens with zero attached hydrogens (tertiary/aromatic N) is 3. The number of aliphatic hydroxyl groups is 1. The molecule has 0 aromatic heterocycles. The molecule has 1 fully saturated rings. The third-order valence-electron chi connectivity index (χ3n) is 5.77. The van der Waals surface area contributed by atoms with Crippen LogP contribution < -0.4 is 4.74 Å². The predicted molar refractivity (Wildman–Crippen MR) is 111 cm³/mol. The van der Waals surface area contributed by atoms with Crippen LogP contribution in [0.5, 0.6) is 5.75 Å². The average Bonchev–Trinajstić information content (AvgIpc) is 3.18. The van der Waals surface area contributed by atoms with E-state index in [1.807, 2.05) is 31.2 Å². The Hall–Kier alpha value is -2.58. The summed E-state index contributed by atoms with van der Waals surface area (Å²) in [6.45, 7) is 5.00. The Kier molecular flexibility index (Phi) is 5.94. The van der Waals surface area contributed by atoms with Crippen molar-refractivity contribution in [3.8, 4) is 17.1 Å². The van der Waals surface area contributed by atoms with E-state index in [0.29, 0.717) is 38.1 Å². The predicted octanol–water partition coefficient (Wildman–Crippen LogP) is 4.43. The molecule has 31 heavy (non-hydrogen) atoms. The zero-order chi connectivity index (χ0) is 22.1. The number of halogens is 3. The molecule has 1 saturated heterocycles. The second kappa shape index (κ2) is 8.51. The van der Waals surface area contributed by atoms with Crippen LogP contribution >= 0.6 is 0 Å². The van der Waals surface area contributed by atoms with Crippen molar-refractivity contribution < 1.29 is 23.0 Å². The van der Waals surface area contributed by atoms with Gasteiger partial charge in [-0.1, -0.05) is 12.1 Å². The van der Waals surface area contributed by atoms with Crippen LogP contribution in [0, 0.1) is 0 Å². The minimum atomic E-state index is -4.49. The lowest BCUT2D eigenvalue weighted by molar-refractivity contribution is -0.140. The lowest BCUT2D eigenvalue weighted by atomic mass is 9.90. The molecular formula is C23H26F3N3O2. The van der Waals surface area contributed by atoms with Crippen LogP contribution in [0.2, 0.25) is 0 Å². The largest absolute Gasteiger partial charge is 0.494 e. The first-order valence-corrected chi connectivity index (χ1v) is 10.5. The topological polar surface area (TPSA) is 50.5 Å². The molecule has 3 heterocycles. The second-order valence-corrected chi connectivity index (χ2v) is 8.13. The van der Waals surface area contributed by atoms with Crippen molar-refractivity contribution in [3.05, 3.63) is 59.9 Å². The maximum atomic E-state index is 13.0. The number of fused-ring (bicyclic) bond motifs is 1. The molecule has 0 radical (unpaired) electrons. The molecule has 0 aliphatic carbocycles. The number of aromatic nitrogens is 2. The summed E-state index contributed by atoms with van der Waals surface area (Å²) in [4.78, 5) is 6.05. The van der Waals surface area contributed by atoms with Crippen molar-refractivity contribution in [2.24, 2.45) is 0 Å². The quantitative estimate of drug-likeness (QED) is 0.625. The van der Waals surface area contributed by atoms with Crippen molar-refractivity contribution in [2.45, 2.75) is 44.6 Å². The number of hydrogen-bond donors (Lipinski definition) is 1. The molecule has 3 aliphatic heterocycles. The second-order valence-electron chi connectivity index (χ2n) is 8.13. The minimum absolute atomic E-state index is 0.218. The first kappa shape index (κ1) is 21.6. The third-order valence-corrected chi connectivity index (χ3v) is 5.77. The molecule has 0 spiro atoms. The summed E-state index contributed by atoms with van der Waals surface area (Å²) in [6, 6.07) is 12.3. The maximum Gasteiger partial charge on any atom is 0.433 e. The monoisotopic (exact) mass is 433 g/mol. The summed E-state index contributed by atoms with van der Waals surface area (Å²) in [5.41, 5.74) is -0.286. The van der Waals surface area contributed by atoms with E-state index in [2.05, 4.69) is 9.88 Å². The van der Waals surface area contributed by atoms with E-state index in [9.17, 15) is 18.3 Å². The highest BCUT2D eigenvalue weighted by Gasteiger charge is 2.37. The van der Waals surface area contributed by atoms with Crippen LogP contribution in [0.1, 0.15) is 31.0 Å². The minimum Gasteiger partial charge on any atom is -0.494 e. The SMILES string of the molecule is CCOc1ccc(CN2CCC(O)(Cn3cccc4cc(C(F)(F)F)nc3-4)CC2)cc1. The van der Waals surface area contributed by atoms with Gasteiger partial charge in [-0.15, -0.1) is 0 Å². The van der Waals surface area contributed by atoms with Crippen LogP contribution in [0.15, 0.2) is 48.7 Å². The molecule has 1 aromatic rings. The van der Waals surface area contributed by atoms with E-state index >= 15 is 0 Å². The lowest BCUT2D eigenvalue weighted by Crippen LogP contribution is -2.46. The summed E-state index contributed by atoms with van der Waals surface area (Å²) in [5.74, 6) is 1.10. The molecule has 1 N–H and O–H groups in total. The number of alkyl halides is 3. The molecule has 0 atom stereocenters. The molecule has 1 aromatic carbocycles. The molecule has 8 heteroatoms. The summed E-state index contributed by atoms with van der Waals surface area (Å²) < 4.78 is 46.2. The van der Waals surface area contributed by atoms with Crippen LogP contribution in [-0.2, 0) is 19.3 Å². The average molecular weight is 433 g/mol. The van der Waals surface area contributed by atoms with Crippen molar-refractivity contribution in [1.29, 1.82) is 0 Å². The first-order chi connectivity index (χ1) is 14.8. The number of piperidine rings is 1. The van der Waals surface area contributed by atoms with E-state index in [1.54, 1.807) is 22.9 Å². The smallest absolute Gasteiger partial charge is 0.433 e. The molecule has 5 nitrogen and oxygen atoms in total. The van der Waals surface area contributed by atoms with Crippen LogP contribution in [-0.4, -0.2) is 44.9 Å². The fourth-order valence-corrected chi connectivity index (χ4v) is 4.09. The van der Waals surface area contributed by atoms with Crippen molar-refractivity contribution in [1.82, 2.24) is 14.5 Å². The van der Waals surface area contributed by atoms with E-state index in [4.69, 9.17) is 4.74 Å². The molecule has 0 saturated carbocycles. The Bertz CT molecular complexity index is 977. The van der Waals surface area contributed by atoms with Crippen LogP contribution in [0.3, 0.4) is 0 Å².